The summed E-state index contributed by atoms with van der Waals surface area (Å²) in [5, 5.41) is 10.7. The molecule has 0 fully saturated rings. The molecular formula is C15H17F3N4O. The molecule has 8 heteroatoms. The van der Waals surface area contributed by atoms with Crippen LogP contribution >= 0.6 is 0 Å². The molecule has 0 saturated carbocycles. The Balaban J connectivity index is 2.18. The number of carbonyl (C=O) groups excluding carboxylic acids is 1. The number of carbonyl (C=O) groups is 1. The van der Waals surface area contributed by atoms with Gasteiger partial charge in [-0.2, -0.15) is 13.2 Å². The van der Waals surface area contributed by atoms with E-state index in [0.717, 1.165) is 18.8 Å². The molecule has 5 nitrogen and oxygen atoms in total. The summed E-state index contributed by atoms with van der Waals surface area (Å²) in [4.78, 5) is 11.3. The number of halogens is 3. The van der Waals surface area contributed by atoms with Crippen molar-refractivity contribution in [2.24, 2.45) is 7.05 Å². The average molecular weight is 326 g/mol. The first-order valence-electron chi connectivity index (χ1n) is 7.00. The Bertz CT molecular complexity index is 709. The van der Waals surface area contributed by atoms with Crippen LogP contribution in [-0.4, -0.2) is 27.1 Å². The fourth-order valence-electron chi connectivity index (χ4n) is 2.30. The number of benzene rings is 1. The van der Waals surface area contributed by atoms with Gasteiger partial charge in [0.15, 0.2) is 5.78 Å². The topological polar surface area (TPSA) is 59.8 Å². The summed E-state index contributed by atoms with van der Waals surface area (Å²) in [5.41, 5.74) is -0.956. The van der Waals surface area contributed by atoms with E-state index in [1.54, 1.807) is 17.9 Å². The van der Waals surface area contributed by atoms with Gasteiger partial charge in [0.1, 0.15) is 12.2 Å². The number of anilines is 1. The lowest BCUT2D eigenvalue weighted by molar-refractivity contribution is -0.137. The first kappa shape index (κ1) is 17.0. The molecule has 1 atom stereocenters. The third kappa shape index (κ3) is 3.88. The molecule has 1 unspecified atom stereocenters. The van der Waals surface area contributed by atoms with Crippen molar-refractivity contribution >= 4 is 11.5 Å². The molecule has 23 heavy (non-hydrogen) atoms. The number of rotatable bonds is 5. The minimum atomic E-state index is -4.58. The first-order chi connectivity index (χ1) is 10.7. The quantitative estimate of drug-likeness (QED) is 0.857. The highest BCUT2D eigenvalue weighted by molar-refractivity contribution is 5.96. The van der Waals surface area contributed by atoms with E-state index in [9.17, 15) is 18.0 Å². The minimum absolute atomic E-state index is 0.0377. The van der Waals surface area contributed by atoms with E-state index in [1.165, 1.54) is 12.1 Å². The highest BCUT2D eigenvalue weighted by atomic mass is 19.4. The number of ketones is 1. The largest absolute Gasteiger partial charge is 0.417 e. The maximum atomic E-state index is 13.1. The van der Waals surface area contributed by atoms with Gasteiger partial charge in [0, 0.05) is 30.8 Å². The van der Waals surface area contributed by atoms with Gasteiger partial charge < -0.3 is 9.88 Å². The smallest absolute Gasteiger partial charge is 0.384 e. The van der Waals surface area contributed by atoms with Crippen LogP contribution in [-0.2, 0) is 13.2 Å². The molecule has 0 spiro atoms. The van der Waals surface area contributed by atoms with Gasteiger partial charge in [0.2, 0.25) is 0 Å². The number of hydrogen-bond donors (Lipinski definition) is 1. The molecule has 0 aliphatic carbocycles. The van der Waals surface area contributed by atoms with Crippen LogP contribution in [0.15, 0.2) is 24.5 Å². The van der Waals surface area contributed by atoms with Gasteiger partial charge in [-0.3, -0.25) is 4.79 Å². The number of nitrogens with one attached hydrogen (secondary N) is 1. The maximum absolute atomic E-state index is 13.1. The van der Waals surface area contributed by atoms with Crippen molar-refractivity contribution in [2.45, 2.75) is 25.9 Å². The van der Waals surface area contributed by atoms with Gasteiger partial charge in [0.05, 0.1) is 5.56 Å². The number of Topliss-reactive ketones (excluding diaryl/α,β-unsaturated/α-hetero) is 1. The molecule has 0 saturated heterocycles. The first-order valence-corrected chi connectivity index (χ1v) is 7.00. The second-order valence-electron chi connectivity index (χ2n) is 5.40. The lowest BCUT2D eigenvalue weighted by Gasteiger charge is -2.16. The minimum Gasteiger partial charge on any atom is -0.384 e. The Labute approximate surface area is 131 Å². The third-order valence-electron chi connectivity index (χ3n) is 3.50. The van der Waals surface area contributed by atoms with Crippen molar-refractivity contribution in [3.63, 3.8) is 0 Å². The Morgan fingerprint density at radius 2 is 2.09 bits per heavy atom. The molecule has 0 radical (unpaired) electrons. The van der Waals surface area contributed by atoms with Crippen LogP contribution in [0.1, 0.15) is 41.5 Å². The van der Waals surface area contributed by atoms with E-state index < -0.39 is 17.5 Å². The summed E-state index contributed by atoms with van der Waals surface area (Å²) >= 11 is 0. The number of nitrogens with zero attached hydrogens (tertiary/aromatic N) is 3. The summed E-state index contributed by atoms with van der Waals surface area (Å²) in [6.45, 7) is 3.41. The fraction of sp³-hybridized carbons (Fsp3) is 0.400. The van der Waals surface area contributed by atoms with Gasteiger partial charge in [-0.1, -0.05) is 6.92 Å². The summed E-state index contributed by atoms with van der Waals surface area (Å²) < 4.78 is 40.9. The Kier molecular flexibility index (Phi) is 4.72. The van der Waals surface area contributed by atoms with Crippen molar-refractivity contribution in [3.8, 4) is 0 Å². The predicted molar refractivity (Wildman–Crippen MR) is 79.4 cm³/mol. The summed E-state index contributed by atoms with van der Waals surface area (Å²) in [6.07, 6.45) is -3.01. The number of alkyl halides is 3. The maximum Gasteiger partial charge on any atom is 0.417 e. The zero-order valence-electron chi connectivity index (χ0n) is 13.0. The Hall–Kier alpha value is -2.38. The van der Waals surface area contributed by atoms with E-state index in [1.807, 2.05) is 6.92 Å². The van der Waals surface area contributed by atoms with Crippen LogP contribution in [0.25, 0.3) is 0 Å². The SMILES string of the molecule is CC(=O)c1ccc(NCC(C)c2nncn2C)cc1C(F)(F)F. The number of hydrogen-bond acceptors (Lipinski definition) is 4. The molecule has 124 valence electrons. The zero-order chi connectivity index (χ0) is 17.2. The molecule has 1 N–H and O–H groups in total. The molecule has 2 rings (SSSR count). The van der Waals surface area contributed by atoms with Crippen LogP contribution in [0.5, 0.6) is 0 Å². The molecule has 1 aromatic carbocycles. The average Bonchev–Trinajstić information content (AvgIpc) is 2.89. The van der Waals surface area contributed by atoms with E-state index in [4.69, 9.17) is 0 Å². The lowest BCUT2D eigenvalue weighted by atomic mass is 10.0. The molecule has 0 bridgehead atoms. The van der Waals surface area contributed by atoms with Crippen molar-refractivity contribution < 1.29 is 18.0 Å². The fourth-order valence-corrected chi connectivity index (χ4v) is 2.30. The van der Waals surface area contributed by atoms with Gasteiger partial charge in [-0.15, -0.1) is 10.2 Å². The van der Waals surface area contributed by atoms with E-state index in [0.29, 0.717) is 12.2 Å². The van der Waals surface area contributed by atoms with Crippen LogP contribution < -0.4 is 5.32 Å². The normalized spacial score (nSPS) is 13.0. The van der Waals surface area contributed by atoms with Crippen LogP contribution in [0.4, 0.5) is 18.9 Å². The lowest BCUT2D eigenvalue weighted by Crippen LogP contribution is -2.16. The standard InChI is InChI=1S/C15H17F3N4O/c1-9(14-21-20-8-22(14)3)7-19-11-4-5-12(10(2)23)13(6-11)15(16,17)18/h4-6,8-9,19H,7H2,1-3H3. The van der Waals surface area contributed by atoms with Gasteiger partial charge in [-0.05, 0) is 25.1 Å². The Morgan fingerprint density at radius 1 is 1.39 bits per heavy atom. The number of aromatic nitrogens is 3. The molecule has 0 aliphatic rings. The molecule has 2 aromatic rings. The van der Waals surface area contributed by atoms with Crippen LogP contribution in [0.2, 0.25) is 0 Å². The van der Waals surface area contributed by atoms with Gasteiger partial charge in [0.25, 0.3) is 0 Å². The van der Waals surface area contributed by atoms with E-state index in [2.05, 4.69) is 15.5 Å². The van der Waals surface area contributed by atoms with E-state index >= 15 is 0 Å². The van der Waals surface area contributed by atoms with Crippen molar-refractivity contribution in [3.05, 3.63) is 41.5 Å². The Morgan fingerprint density at radius 3 is 2.61 bits per heavy atom. The van der Waals surface area contributed by atoms with Crippen LogP contribution in [0, 0.1) is 0 Å². The van der Waals surface area contributed by atoms with Gasteiger partial charge >= 0.3 is 6.18 Å². The molecule has 1 heterocycles. The summed E-state index contributed by atoms with van der Waals surface area (Å²) in [7, 11) is 1.80. The van der Waals surface area contributed by atoms with E-state index in [-0.39, 0.29) is 11.5 Å². The molecule has 1 aromatic heterocycles. The van der Waals surface area contributed by atoms with Crippen molar-refractivity contribution in [2.75, 3.05) is 11.9 Å². The second-order valence-corrected chi connectivity index (χ2v) is 5.40. The zero-order valence-corrected chi connectivity index (χ0v) is 13.0. The predicted octanol–water partition coefficient (Wildman–Crippen LogP) is 3.25. The highest BCUT2D eigenvalue weighted by Crippen LogP contribution is 2.34. The monoisotopic (exact) mass is 326 g/mol. The van der Waals surface area contributed by atoms with Crippen LogP contribution in [0.3, 0.4) is 0 Å². The molecular weight excluding hydrogens is 309 g/mol. The molecule has 0 aliphatic heterocycles. The second kappa shape index (κ2) is 6.39. The van der Waals surface area contributed by atoms with Crippen molar-refractivity contribution in [1.29, 1.82) is 0 Å². The summed E-state index contributed by atoms with van der Waals surface area (Å²) in [5.74, 6) is 0.0783. The summed E-state index contributed by atoms with van der Waals surface area (Å²) in [6, 6.07) is 3.62. The third-order valence-corrected chi connectivity index (χ3v) is 3.50. The highest BCUT2D eigenvalue weighted by Gasteiger charge is 2.34. The van der Waals surface area contributed by atoms with Gasteiger partial charge in [-0.25, -0.2) is 0 Å². The van der Waals surface area contributed by atoms with Crippen molar-refractivity contribution in [1.82, 2.24) is 14.8 Å². The molecule has 0 amide bonds. The number of aryl methyl sites for hydroxylation is 1.